The van der Waals surface area contributed by atoms with Crippen molar-refractivity contribution in [3.8, 4) is 0 Å². The van der Waals surface area contributed by atoms with Gasteiger partial charge in [-0.3, -0.25) is 0 Å². The van der Waals surface area contributed by atoms with Crippen molar-refractivity contribution in [1.29, 1.82) is 0 Å². The summed E-state index contributed by atoms with van der Waals surface area (Å²) in [4.78, 5) is 8.88. The zero-order chi connectivity index (χ0) is 12.3. The van der Waals surface area contributed by atoms with E-state index >= 15 is 0 Å². The zero-order valence-electron chi connectivity index (χ0n) is 10.5. The van der Waals surface area contributed by atoms with E-state index in [0.717, 1.165) is 39.1 Å². The van der Waals surface area contributed by atoms with Gasteiger partial charge in [-0.1, -0.05) is 5.16 Å². The maximum atomic E-state index is 9.27. The molecule has 1 atom stereocenters. The number of hydrogen-bond donors (Lipinski definition) is 1. The maximum Gasteiger partial charge on any atom is 0.255 e. The van der Waals surface area contributed by atoms with Crippen molar-refractivity contribution in [2.75, 3.05) is 39.8 Å². The van der Waals surface area contributed by atoms with Gasteiger partial charge in [0.2, 0.25) is 0 Å². The molecular formula is C11H20N4O2. The third kappa shape index (κ3) is 3.49. The monoisotopic (exact) mass is 240 g/mol. The summed E-state index contributed by atoms with van der Waals surface area (Å²) >= 11 is 0. The molecule has 1 fully saturated rings. The molecule has 1 aromatic heterocycles. The Bertz CT molecular complexity index is 345. The SMILES string of the molecule is CC(O)c1nc(CCN2CCN(C)CC2)no1. The highest BCUT2D eigenvalue weighted by atomic mass is 16.5. The number of rotatable bonds is 4. The van der Waals surface area contributed by atoms with E-state index in [1.807, 2.05) is 0 Å². The lowest BCUT2D eigenvalue weighted by atomic mass is 10.3. The molecule has 6 heteroatoms. The van der Waals surface area contributed by atoms with Gasteiger partial charge >= 0.3 is 0 Å². The number of nitrogens with zero attached hydrogens (tertiary/aromatic N) is 4. The van der Waals surface area contributed by atoms with E-state index in [4.69, 9.17) is 4.52 Å². The molecular weight excluding hydrogens is 220 g/mol. The fraction of sp³-hybridized carbons (Fsp3) is 0.818. The van der Waals surface area contributed by atoms with E-state index in [0.29, 0.717) is 11.7 Å². The average molecular weight is 240 g/mol. The first-order valence-corrected chi connectivity index (χ1v) is 6.06. The molecule has 0 bridgehead atoms. The van der Waals surface area contributed by atoms with Crippen LogP contribution in [0.5, 0.6) is 0 Å². The Kier molecular flexibility index (Phi) is 4.09. The van der Waals surface area contributed by atoms with E-state index < -0.39 is 6.10 Å². The number of hydrogen-bond acceptors (Lipinski definition) is 6. The van der Waals surface area contributed by atoms with Crippen LogP contribution in [0.25, 0.3) is 0 Å². The molecule has 1 N–H and O–H groups in total. The largest absolute Gasteiger partial charge is 0.384 e. The van der Waals surface area contributed by atoms with Gasteiger partial charge in [0, 0.05) is 39.1 Å². The van der Waals surface area contributed by atoms with Crippen LogP contribution in [0.3, 0.4) is 0 Å². The molecule has 96 valence electrons. The number of aromatic nitrogens is 2. The van der Waals surface area contributed by atoms with Crippen molar-refractivity contribution in [1.82, 2.24) is 19.9 Å². The molecule has 1 aliphatic rings. The second kappa shape index (κ2) is 5.57. The van der Waals surface area contributed by atoms with Crippen LogP contribution in [0.2, 0.25) is 0 Å². The summed E-state index contributed by atoms with van der Waals surface area (Å²) in [5.41, 5.74) is 0. The Morgan fingerprint density at radius 3 is 2.65 bits per heavy atom. The minimum absolute atomic E-state index is 0.304. The van der Waals surface area contributed by atoms with Crippen LogP contribution in [-0.2, 0) is 6.42 Å². The summed E-state index contributed by atoms with van der Waals surface area (Å²) in [5, 5.41) is 13.1. The van der Waals surface area contributed by atoms with E-state index in [9.17, 15) is 5.11 Å². The first kappa shape index (κ1) is 12.5. The van der Waals surface area contributed by atoms with Crippen molar-refractivity contribution in [3.63, 3.8) is 0 Å². The first-order chi connectivity index (χ1) is 8.15. The van der Waals surface area contributed by atoms with Crippen LogP contribution >= 0.6 is 0 Å². The molecule has 2 rings (SSSR count). The van der Waals surface area contributed by atoms with Crippen molar-refractivity contribution in [2.45, 2.75) is 19.4 Å². The van der Waals surface area contributed by atoms with E-state index in [-0.39, 0.29) is 0 Å². The van der Waals surface area contributed by atoms with Gasteiger partial charge in [0.15, 0.2) is 5.82 Å². The quantitative estimate of drug-likeness (QED) is 0.793. The van der Waals surface area contributed by atoms with Gasteiger partial charge in [-0.05, 0) is 14.0 Å². The molecule has 0 radical (unpaired) electrons. The van der Waals surface area contributed by atoms with Crippen LogP contribution in [-0.4, -0.2) is 64.8 Å². The Morgan fingerprint density at radius 1 is 1.35 bits per heavy atom. The summed E-state index contributed by atoms with van der Waals surface area (Å²) in [6.07, 6.45) is 0.0971. The molecule has 2 heterocycles. The smallest absolute Gasteiger partial charge is 0.255 e. The van der Waals surface area contributed by atoms with Crippen molar-refractivity contribution < 1.29 is 9.63 Å². The normalized spacial score (nSPS) is 20.6. The van der Waals surface area contributed by atoms with Gasteiger partial charge in [0.25, 0.3) is 5.89 Å². The van der Waals surface area contributed by atoms with Crippen molar-refractivity contribution in [2.24, 2.45) is 0 Å². The average Bonchev–Trinajstić information content (AvgIpc) is 2.77. The molecule has 0 amide bonds. The molecule has 1 saturated heterocycles. The van der Waals surface area contributed by atoms with Crippen LogP contribution in [0.4, 0.5) is 0 Å². The number of aliphatic hydroxyl groups excluding tert-OH is 1. The van der Waals surface area contributed by atoms with E-state index in [2.05, 4.69) is 27.0 Å². The lowest BCUT2D eigenvalue weighted by Gasteiger charge is -2.31. The second-order valence-electron chi connectivity index (χ2n) is 4.62. The predicted molar refractivity (Wildman–Crippen MR) is 62.6 cm³/mol. The highest BCUT2D eigenvalue weighted by molar-refractivity contribution is 4.89. The maximum absolute atomic E-state index is 9.27. The van der Waals surface area contributed by atoms with E-state index in [1.165, 1.54) is 0 Å². The highest BCUT2D eigenvalue weighted by Crippen LogP contribution is 2.09. The molecule has 6 nitrogen and oxygen atoms in total. The number of piperazine rings is 1. The number of likely N-dealkylation sites (N-methyl/N-ethyl adjacent to an activating group) is 1. The van der Waals surface area contributed by atoms with Gasteiger partial charge in [0.05, 0.1) is 0 Å². The summed E-state index contributed by atoms with van der Waals surface area (Å²) in [6, 6.07) is 0. The Labute approximate surface area is 101 Å². The van der Waals surface area contributed by atoms with Crippen LogP contribution in [0.1, 0.15) is 24.7 Å². The second-order valence-corrected chi connectivity index (χ2v) is 4.62. The zero-order valence-corrected chi connectivity index (χ0v) is 10.5. The molecule has 0 saturated carbocycles. The topological polar surface area (TPSA) is 65.6 Å². The van der Waals surface area contributed by atoms with Gasteiger partial charge in [0.1, 0.15) is 6.10 Å². The van der Waals surface area contributed by atoms with Crippen molar-refractivity contribution >= 4 is 0 Å². The number of aliphatic hydroxyl groups is 1. The summed E-state index contributed by atoms with van der Waals surface area (Å²) in [5.74, 6) is 0.984. The van der Waals surface area contributed by atoms with Crippen LogP contribution < -0.4 is 0 Å². The Balaban J connectivity index is 1.77. The van der Waals surface area contributed by atoms with Crippen molar-refractivity contribution in [3.05, 3.63) is 11.7 Å². The fourth-order valence-corrected chi connectivity index (χ4v) is 1.87. The van der Waals surface area contributed by atoms with Gasteiger partial charge in [-0.15, -0.1) is 0 Å². The van der Waals surface area contributed by atoms with Crippen LogP contribution in [0, 0.1) is 0 Å². The van der Waals surface area contributed by atoms with Gasteiger partial charge in [-0.2, -0.15) is 4.98 Å². The molecule has 0 aromatic carbocycles. The molecule has 0 spiro atoms. The lowest BCUT2D eigenvalue weighted by Crippen LogP contribution is -2.45. The fourth-order valence-electron chi connectivity index (χ4n) is 1.87. The minimum Gasteiger partial charge on any atom is -0.384 e. The molecule has 1 aliphatic heterocycles. The Hall–Kier alpha value is -0.980. The minimum atomic E-state index is -0.681. The predicted octanol–water partition coefficient (Wildman–Crippen LogP) is -0.0872. The summed E-state index contributed by atoms with van der Waals surface area (Å²) in [6.45, 7) is 7.00. The Morgan fingerprint density at radius 2 is 2.06 bits per heavy atom. The molecule has 1 unspecified atom stereocenters. The summed E-state index contributed by atoms with van der Waals surface area (Å²) in [7, 11) is 2.14. The third-order valence-corrected chi connectivity index (χ3v) is 3.09. The molecule has 17 heavy (non-hydrogen) atoms. The third-order valence-electron chi connectivity index (χ3n) is 3.09. The lowest BCUT2D eigenvalue weighted by molar-refractivity contribution is 0.151. The van der Waals surface area contributed by atoms with Gasteiger partial charge in [-0.25, -0.2) is 0 Å². The van der Waals surface area contributed by atoms with E-state index in [1.54, 1.807) is 6.92 Å². The first-order valence-electron chi connectivity index (χ1n) is 6.06. The van der Waals surface area contributed by atoms with Gasteiger partial charge < -0.3 is 19.4 Å². The highest BCUT2D eigenvalue weighted by Gasteiger charge is 2.15. The summed E-state index contributed by atoms with van der Waals surface area (Å²) < 4.78 is 4.95. The van der Waals surface area contributed by atoms with Crippen LogP contribution in [0.15, 0.2) is 4.52 Å². The molecule has 1 aromatic rings. The molecule has 0 aliphatic carbocycles. The standard InChI is InChI=1S/C11H20N4O2/c1-9(16)11-12-10(13-17-11)3-4-15-7-5-14(2)6-8-15/h9,16H,3-8H2,1-2H3.